The summed E-state index contributed by atoms with van der Waals surface area (Å²) in [5.74, 6) is -0.908. The molecule has 64 valence electrons. The molecular formula is C7H13NO3. The van der Waals surface area contributed by atoms with Crippen LogP contribution in [0.15, 0.2) is 0 Å². The number of carboxylic acid groups (broad SMARTS) is 1. The van der Waals surface area contributed by atoms with Crippen molar-refractivity contribution in [3.63, 3.8) is 0 Å². The SMILES string of the molecule is CC(C)(C)CN1OC1C(=O)O. The third kappa shape index (κ3) is 2.48. The van der Waals surface area contributed by atoms with Crippen LogP contribution in [0.5, 0.6) is 0 Å². The number of aliphatic carboxylic acids is 1. The normalized spacial score (nSPS) is 30.1. The molecule has 1 heterocycles. The van der Waals surface area contributed by atoms with Gasteiger partial charge in [0.2, 0.25) is 0 Å². The van der Waals surface area contributed by atoms with Gasteiger partial charge in [-0.3, -0.25) is 4.84 Å². The molecule has 2 unspecified atom stereocenters. The number of hydroxylamine groups is 2. The highest BCUT2D eigenvalue weighted by molar-refractivity contribution is 5.73. The molecule has 11 heavy (non-hydrogen) atoms. The van der Waals surface area contributed by atoms with Gasteiger partial charge in [0.15, 0.2) is 0 Å². The zero-order chi connectivity index (χ0) is 8.65. The molecule has 1 aliphatic rings. The summed E-state index contributed by atoms with van der Waals surface area (Å²) in [6.07, 6.45) is -0.700. The number of rotatable bonds is 2. The summed E-state index contributed by atoms with van der Waals surface area (Å²) in [5, 5.41) is 9.93. The summed E-state index contributed by atoms with van der Waals surface area (Å²) in [4.78, 5) is 15.1. The molecule has 0 radical (unpaired) electrons. The van der Waals surface area contributed by atoms with E-state index in [1.54, 1.807) is 0 Å². The Morgan fingerprint density at radius 1 is 1.64 bits per heavy atom. The predicted molar refractivity (Wildman–Crippen MR) is 38.7 cm³/mol. The third-order valence-corrected chi connectivity index (χ3v) is 1.29. The van der Waals surface area contributed by atoms with E-state index in [2.05, 4.69) is 0 Å². The smallest absolute Gasteiger partial charge is 0.352 e. The molecule has 1 saturated heterocycles. The highest BCUT2D eigenvalue weighted by Crippen LogP contribution is 2.26. The molecule has 0 aromatic carbocycles. The second kappa shape index (κ2) is 2.46. The molecule has 0 spiro atoms. The van der Waals surface area contributed by atoms with Gasteiger partial charge >= 0.3 is 5.97 Å². The average Bonchev–Trinajstić information content (AvgIpc) is 2.40. The standard InChI is InChI=1S/C7H13NO3/c1-7(2,3)4-8-5(11-8)6(9)10/h5H,4H2,1-3H3,(H,9,10). The van der Waals surface area contributed by atoms with Crippen LogP contribution < -0.4 is 0 Å². The number of hydrogen-bond donors (Lipinski definition) is 1. The first-order valence-electron chi connectivity index (χ1n) is 3.56. The summed E-state index contributed by atoms with van der Waals surface area (Å²) < 4.78 is 0. The minimum absolute atomic E-state index is 0.0875. The second-order valence-electron chi connectivity index (χ2n) is 3.93. The Morgan fingerprint density at radius 2 is 2.18 bits per heavy atom. The number of hydrogen-bond acceptors (Lipinski definition) is 3. The zero-order valence-electron chi connectivity index (χ0n) is 7.00. The largest absolute Gasteiger partial charge is 0.478 e. The van der Waals surface area contributed by atoms with Crippen LogP contribution in [-0.2, 0) is 9.63 Å². The first-order valence-corrected chi connectivity index (χ1v) is 3.56. The van der Waals surface area contributed by atoms with Gasteiger partial charge in [0, 0.05) is 6.54 Å². The Hall–Kier alpha value is -0.610. The van der Waals surface area contributed by atoms with Crippen LogP contribution in [0.1, 0.15) is 20.8 Å². The Kier molecular flexibility index (Phi) is 1.90. The van der Waals surface area contributed by atoms with Gasteiger partial charge in [0.1, 0.15) is 0 Å². The van der Waals surface area contributed by atoms with Gasteiger partial charge in [-0.05, 0) is 5.41 Å². The van der Waals surface area contributed by atoms with E-state index in [1.165, 1.54) is 5.06 Å². The lowest BCUT2D eigenvalue weighted by atomic mass is 9.97. The minimum Gasteiger partial charge on any atom is -0.478 e. The molecule has 1 N–H and O–H groups in total. The number of nitrogens with zero attached hydrogens (tertiary/aromatic N) is 1. The molecule has 0 aromatic rings. The molecule has 1 aliphatic heterocycles. The van der Waals surface area contributed by atoms with Gasteiger partial charge in [-0.2, -0.15) is 0 Å². The van der Waals surface area contributed by atoms with Gasteiger partial charge in [-0.1, -0.05) is 20.8 Å². The molecule has 1 fully saturated rings. The van der Waals surface area contributed by atoms with Gasteiger partial charge in [0.25, 0.3) is 6.23 Å². The molecule has 4 nitrogen and oxygen atoms in total. The van der Waals surface area contributed by atoms with Crippen LogP contribution in [0.25, 0.3) is 0 Å². The van der Waals surface area contributed by atoms with Crippen molar-refractivity contribution < 1.29 is 14.7 Å². The molecular weight excluding hydrogens is 146 g/mol. The Labute approximate surface area is 65.7 Å². The molecule has 0 amide bonds. The van der Waals surface area contributed by atoms with Crippen LogP contribution in [-0.4, -0.2) is 28.9 Å². The topological polar surface area (TPSA) is 52.8 Å². The fraction of sp³-hybridized carbons (Fsp3) is 0.857. The number of carboxylic acids is 1. The lowest BCUT2D eigenvalue weighted by Crippen LogP contribution is -2.22. The summed E-state index contributed by atoms with van der Waals surface area (Å²) >= 11 is 0. The van der Waals surface area contributed by atoms with Crippen LogP contribution in [0.2, 0.25) is 0 Å². The van der Waals surface area contributed by atoms with Crippen LogP contribution in [0, 0.1) is 5.41 Å². The van der Waals surface area contributed by atoms with E-state index in [4.69, 9.17) is 9.94 Å². The van der Waals surface area contributed by atoms with E-state index in [1.807, 2.05) is 20.8 Å². The van der Waals surface area contributed by atoms with Crippen molar-refractivity contribution in [1.82, 2.24) is 5.06 Å². The van der Waals surface area contributed by atoms with Crippen LogP contribution in [0.4, 0.5) is 0 Å². The molecule has 0 aromatic heterocycles. The van der Waals surface area contributed by atoms with E-state index in [-0.39, 0.29) is 5.41 Å². The maximum atomic E-state index is 10.3. The van der Waals surface area contributed by atoms with Crippen molar-refractivity contribution >= 4 is 5.97 Å². The Morgan fingerprint density at radius 3 is 2.45 bits per heavy atom. The number of carbonyl (C=O) groups is 1. The fourth-order valence-corrected chi connectivity index (χ4v) is 0.857. The van der Waals surface area contributed by atoms with Gasteiger partial charge in [-0.15, -0.1) is 5.06 Å². The van der Waals surface area contributed by atoms with Crippen molar-refractivity contribution in [2.75, 3.05) is 6.54 Å². The van der Waals surface area contributed by atoms with Gasteiger partial charge in [-0.25, -0.2) is 4.79 Å². The minimum atomic E-state index is -0.908. The molecule has 0 bridgehead atoms. The highest BCUT2D eigenvalue weighted by atomic mass is 16.8. The van der Waals surface area contributed by atoms with E-state index < -0.39 is 12.2 Å². The van der Waals surface area contributed by atoms with E-state index in [9.17, 15) is 4.79 Å². The second-order valence-corrected chi connectivity index (χ2v) is 3.93. The van der Waals surface area contributed by atoms with Crippen molar-refractivity contribution in [3.05, 3.63) is 0 Å². The molecule has 0 aliphatic carbocycles. The van der Waals surface area contributed by atoms with Crippen molar-refractivity contribution in [2.24, 2.45) is 5.41 Å². The third-order valence-electron chi connectivity index (χ3n) is 1.29. The quantitative estimate of drug-likeness (QED) is 0.602. The summed E-state index contributed by atoms with van der Waals surface area (Å²) in [5.41, 5.74) is 0.0875. The average molecular weight is 159 g/mol. The van der Waals surface area contributed by atoms with E-state index in [0.717, 1.165) is 0 Å². The first-order chi connectivity index (χ1) is 4.90. The molecule has 0 saturated carbocycles. The maximum Gasteiger partial charge on any atom is 0.352 e. The Balaban J connectivity index is 2.29. The first kappa shape index (κ1) is 8.49. The van der Waals surface area contributed by atoms with Crippen molar-refractivity contribution in [2.45, 2.75) is 27.0 Å². The molecule has 4 heteroatoms. The summed E-state index contributed by atoms with van der Waals surface area (Å²) in [6, 6.07) is 0. The van der Waals surface area contributed by atoms with Crippen LogP contribution in [0.3, 0.4) is 0 Å². The predicted octanol–water partition coefficient (Wildman–Crippen LogP) is 0.690. The zero-order valence-corrected chi connectivity index (χ0v) is 7.00. The van der Waals surface area contributed by atoms with Gasteiger partial charge < -0.3 is 5.11 Å². The van der Waals surface area contributed by atoms with E-state index >= 15 is 0 Å². The van der Waals surface area contributed by atoms with Crippen molar-refractivity contribution in [3.8, 4) is 0 Å². The van der Waals surface area contributed by atoms with Gasteiger partial charge in [0.05, 0.1) is 0 Å². The molecule has 2 atom stereocenters. The highest BCUT2D eigenvalue weighted by Gasteiger charge is 2.44. The van der Waals surface area contributed by atoms with Crippen LogP contribution >= 0.6 is 0 Å². The summed E-state index contributed by atoms with van der Waals surface area (Å²) in [6.45, 7) is 6.76. The van der Waals surface area contributed by atoms with E-state index in [0.29, 0.717) is 6.54 Å². The molecule has 1 rings (SSSR count). The Bertz CT molecular complexity index is 173. The van der Waals surface area contributed by atoms with Crippen molar-refractivity contribution in [1.29, 1.82) is 0 Å². The lowest BCUT2D eigenvalue weighted by Gasteiger charge is -2.15. The fourth-order valence-electron chi connectivity index (χ4n) is 0.857. The maximum absolute atomic E-state index is 10.3. The monoisotopic (exact) mass is 159 g/mol. The summed E-state index contributed by atoms with van der Waals surface area (Å²) in [7, 11) is 0. The lowest BCUT2D eigenvalue weighted by molar-refractivity contribution is -0.138.